The highest BCUT2D eigenvalue weighted by molar-refractivity contribution is 5.84. The number of carbonyl (C=O) groups excluding carboxylic acids is 1. The quantitative estimate of drug-likeness (QED) is 0.875. The molecule has 1 aromatic carbocycles. The van der Waals surface area contributed by atoms with Crippen molar-refractivity contribution in [2.45, 2.75) is 31.8 Å². The fourth-order valence-corrected chi connectivity index (χ4v) is 2.51. The van der Waals surface area contributed by atoms with E-state index in [9.17, 15) is 9.90 Å². The van der Waals surface area contributed by atoms with Gasteiger partial charge in [0.25, 0.3) is 0 Å². The van der Waals surface area contributed by atoms with Crippen LogP contribution in [0.2, 0.25) is 0 Å². The maximum atomic E-state index is 12.1. The number of aliphatic hydroxyl groups excluding tert-OH is 1. The lowest BCUT2D eigenvalue weighted by Gasteiger charge is -2.15. The smallest absolute Gasteiger partial charge is 0.240 e. The van der Waals surface area contributed by atoms with E-state index in [-0.39, 0.29) is 18.1 Å². The highest BCUT2D eigenvalue weighted by Gasteiger charge is 2.43. The van der Waals surface area contributed by atoms with Crippen molar-refractivity contribution < 1.29 is 9.90 Å². The first-order chi connectivity index (χ1) is 9.13. The van der Waals surface area contributed by atoms with E-state index >= 15 is 0 Å². The Morgan fingerprint density at radius 1 is 1.42 bits per heavy atom. The SMILES string of the molecule is Cc1cc2ccccc2n1CC(=O)NC1(CO)CC1. The summed E-state index contributed by atoms with van der Waals surface area (Å²) in [7, 11) is 0. The lowest BCUT2D eigenvalue weighted by molar-refractivity contribution is -0.122. The van der Waals surface area contributed by atoms with Crippen LogP contribution >= 0.6 is 0 Å². The molecule has 2 N–H and O–H groups in total. The molecule has 0 atom stereocenters. The number of nitrogens with one attached hydrogen (secondary N) is 1. The number of para-hydroxylation sites is 1. The molecule has 0 aliphatic heterocycles. The maximum Gasteiger partial charge on any atom is 0.240 e. The molecule has 1 heterocycles. The van der Waals surface area contributed by atoms with Gasteiger partial charge in [-0.2, -0.15) is 0 Å². The number of aliphatic hydroxyl groups is 1. The summed E-state index contributed by atoms with van der Waals surface area (Å²) >= 11 is 0. The van der Waals surface area contributed by atoms with Crippen LogP contribution in [0.15, 0.2) is 30.3 Å². The normalized spacial score (nSPS) is 16.5. The Kier molecular flexibility index (Phi) is 2.82. The van der Waals surface area contributed by atoms with Crippen molar-refractivity contribution >= 4 is 16.8 Å². The fourth-order valence-electron chi connectivity index (χ4n) is 2.51. The summed E-state index contributed by atoms with van der Waals surface area (Å²) in [6.45, 7) is 2.34. The summed E-state index contributed by atoms with van der Waals surface area (Å²) in [5.74, 6) is -0.0315. The third kappa shape index (κ3) is 2.24. The molecule has 0 saturated heterocycles. The zero-order valence-corrected chi connectivity index (χ0v) is 11.0. The second-order valence-electron chi connectivity index (χ2n) is 5.42. The minimum absolute atomic E-state index is 0.0315. The van der Waals surface area contributed by atoms with Crippen molar-refractivity contribution in [2.24, 2.45) is 0 Å². The van der Waals surface area contributed by atoms with Crippen molar-refractivity contribution in [2.75, 3.05) is 6.61 Å². The Morgan fingerprint density at radius 2 is 2.16 bits per heavy atom. The minimum Gasteiger partial charge on any atom is -0.394 e. The molecule has 1 saturated carbocycles. The summed E-state index contributed by atoms with van der Waals surface area (Å²) in [6.07, 6.45) is 1.75. The van der Waals surface area contributed by atoms with Crippen LogP contribution in [0.4, 0.5) is 0 Å². The summed E-state index contributed by atoms with van der Waals surface area (Å²) in [5.41, 5.74) is 1.81. The van der Waals surface area contributed by atoms with Gasteiger partial charge in [-0.15, -0.1) is 0 Å². The predicted octanol–water partition coefficient (Wildman–Crippen LogP) is 1.59. The lowest BCUT2D eigenvalue weighted by atomic mass is 10.2. The molecule has 1 aromatic heterocycles. The monoisotopic (exact) mass is 258 g/mol. The molecular weight excluding hydrogens is 240 g/mol. The van der Waals surface area contributed by atoms with E-state index in [0.717, 1.165) is 29.4 Å². The molecule has 4 nitrogen and oxygen atoms in total. The molecule has 4 heteroatoms. The van der Waals surface area contributed by atoms with Crippen LogP contribution < -0.4 is 5.32 Å². The van der Waals surface area contributed by atoms with Gasteiger partial charge in [0.2, 0.25) is 5.91 Å². The zero-order valence-electron chi connectivity index (χ0n) is 11.0. The Hall–Kier alpha value is -1.81. The fraction of sp³-hybridized carbons (Fsp3) is 0.400. The van der Waals surface area contributed by atoms with Crippen LogP contribution in [0, 0.1) is 6.92 Å². The number of amides is 1. The number of aromatic nitrogens is 1. The van der Waals surface area contributed by atoms with Crippen molar-refractivity contribution in [3.05, 3.63) is 36.0 Å². The number of aryl methyl sites for hydroxylation is 1. The number of nitrogens with zero attached hydrogens (tertiary/aromatic N) is 1. The standard InChI is InChI=1S/C15H18N2O2/c1-11-8-12-4-2-3-5-13(12)17(11)9-14(19)16-15(10-18)6-7-15/h2-5,8,18H,6-7,9-10H2,1H3,(H,16,19). The Labute approximate surface area is 112 Å². The molecule has 0 bridgehead atoms. The maximum absolute atomic E-state index is 12.1. The molecule has 0 spiro atoms. The van der Waals surface area contributed by atoms with E-state index in [1.807, 2.05) is 35.8 Å². The number of benzene rings is 1. The van der Waals surface area contributed by atoms with Gasteiger partial charge in [-0.3, -0.25) is 4.79 Å². The summed E-state index contributed by atoms with van der Waals surface area (Å²) < 4.78 is 2.01. The first-order valence-electron chi connectivity index (χ1n) is 6.60. The van der Waals surface area contributed by atoms with Crippen LogP contribution in [0.5, 0.6) is 0 Å². The molecule has 0 radical (unpaired) electrons. The van der Waals surface area contributed by atoms with Gasteiger partial charge >= 0.3 is 0 Å². The van der Waals surface area contributed by atoms with Crippen LogP contribution in [0.1, 0.15) is 18.5 Å². The predicted molar refractivity (Wildman–Crippen MR) is 73.9 cm³/mol. The molecule has 2 aromatic rings. The largest absolute Gasteiger partial charge is 0.394 e. The van der Waals surface area contributed by atoms with Gasteiger partial charge in [0.15, 0.2) is 0 Å². The van der Waals surface area contributed by atoms with E-state index in [1.54, 1.807) is 0 Å². The molecule has 19 heavy (non-hydrogen) atoms. The molecule has 1 aliphatic carbocycles. The van der Waals surface area contributed by atoms with E-state index in [4.69, 9.17) is 0 Å². The van der Waals surface area contributed by atoms with E-state index in [2.05, 4.69) is 11.4 Å². The zero-order chi connectivity index (χ0) is 13.5. The summed E-state index contributed by atoms with van der Waals surface area (Å²) in [4.78, 5) is 12.1. The van der Waals surface area contributed by atoms with Gasteiger partial charge in [0.05, 0.1) is 12.1 Å². The summed E-state index contributed by atoms with van der Waals surface area (Å²) in [5, 5.41) is 13.3. The number of carbonyl (C=O) groups is 1. The third-order valence-electron chi connectivity index (χ3n) is 3.88. The average Bonchev–Trinajstić information content (AvgIpc) is 3.10. The summed E-state index contributed by atoms with van der Waals surface area (Å²) in [6, 6.07) is 10.1. The van der Waals surface area contributed by atoms with Crippen LogP contribution in [0.25, 0.3) is 10.9 Å². The van der Waals surface area contributed by atoms with E-state index in [0.29, 0.717) is 6.54 Å². The number of hydrogen-bond donors (Lipinski definition) is 2. The van der Waals surface area contributed by atoms with Gasteiger partial charge in [0, 0.05) is 11.2 Å². The molecule has 1 fully saturated rings. The second kappa shape index (κ2) is 4.38. The molecule has 0 unspecified atom stereocenters. The molecular formula is C15H18N2O2. The molecule has 1 amide bonds. The highest BCUT2D eigenvalue weighted by Crippen LogP contribution is 2.34. The Balaban J connectivity index is 1.81. The lowest BCUT2D eigenvalue weighted by Crippen LogP contribution is -2.41. The van der Waals surface area contributed by atoms with Crippen molar-refractivity contribution in [1.29, 1.82) is 0 Å². The topological polar surface area (TPSA) is 54.3 Å². The van der Waals surface area contributed by atoms with Crippen LogP contribution in [-0.2, 0) is 11.3 Å². The van der Waals surface area contributed by atoms with Gasteiger partial charge in [-0.25, -0.2) is 0 Å². The van der Waals surface area contributed by atoms with Gasteiger partial charge in [0.1, 0.15) is 6.54 Å². The Bertz CT molecular complexity index is 626. The third-order valence-corrected chi connectivity index (χ3v) is 3.88. The minimum atomic E-state index is -0.339. The number of fused-ring (bicyclic) bond motifs is 1. The number of hydrogen-bond acceptors (Lipinski definition) is 2. The van der Waals surface area contributed by atoms with Gasteiger partial charge in [-0.05, 0) is 37.3 Å². The molecule has 1 aliphatic rings. The van der Waals surface area contributed by atoms with Crippen molar-refractivity contribution in [3.8, 4) is 0 Å². The van der Waals surface area contributed by atoms with Crippen LogP contribution in [-0.4, -0.2) is 27.7 Å². The number of rotatable bonds is 4. The van der Waals surface area contributed by atoms with E-state index in [1.165, 1.54) is 0 Å². The van der Waals surface area contributed by atoms with Crippen molar-refractivity contribution in [3.63, 3.8) is 0 Å². The first-order valence-corrected chi connectivity index (χ1v) is 6.60. The highest BCUT2D eigenvalue weighted by atomic mass is 16.3. The van der Waals surface area contributed by atoms with Gasteiger partial charge in [-0.1, -0.05) is 18.2 Å². The van der Waals surface area contributed by atoms with Crippen molar-refractivity contribution in [1.82, 2.24) is 9.88 Å². The molecule has 3 rings (SSSR count). The average molecular weight is 258 g/mol. The van der Waals surface area contributed by atoms with Crippen LogP contribution in [0.3, 0.4) is 0 Å². The Morgan fingerprint density at radius 3 is 2.84 bits per heavy atom. The second-order valence-corrected chi connectivity index (χ2v) is 5.42. The van der Waals surface area contributed by atoms with E-state index < -0.39 is 0 Å². The molecule has 100 valence electrons. The first kappa shape index (κ1) is 12.2. The van der Waals surface area contributed by atoms with Gasteiger partial charge < -0.3 is 15.0 Å².